The summed E-state index contributed by atoms with van der Waals surface area (Å²) in [6, 6.07) is 10.2. The molecule has 0 saturated carbocycles. The zero-order valence-corrected chi connectivity index (χ0v) is 17.7. The number of benzene rings is 1. The number of aryl methyl sites for hydroxylation is 2. The van der Waals surface area contributed by atoms with Crippen LogP contribution < -0.4 is 11.1 Å². The van der Waals surface area contributed by atoms with Gasteiger partial charge in [-0.05, 0) is 49.8 Å². The van der Waals surface area contributed by atoms with Gasteiger partial charge in [-0.25, -0.2) is 4.68 Å². The number of hydrogen-bond donors (Lipinski definition) is 2. The molecular formula is C19H30IN5. The average molecular weight is 455 g/mol. The van der Waals surface area contributed by atoms with Crippen molar-refractivity contribution in [1.29, 1.82) is 0 Å². The first-order chi connectivity index (χ1) is 11.6. The zero-order valence-electron chi connectivity index (χ0n) is 15.4. The number of hydrogen-bond acceptors (Lipinski definition) is 2. The number of nitrogens with one attached hydrogen (secondary N) is 1. The van der Waals surface area contributed by atoms with E-state index in [2.05, 4.69) is 54.5 Å². The van der Waals surface area contributed by atoms with Crippen molar-refractivity contribution in [2.45, 2.75) is 40.0 Å². The molecule has 0 spiro atoms. The maximum atomic E-state index is 5.87. The fraction of sp³-hybridized carbons (Fsp3) is 0.474. The predicted octanol–water partition coefficient (Wildman–Crippen LogP) is 3.68. The molecule has 0 saturated heterocycles. The van der Waals surface area contributed by atoms with Crippen molar-refractivity contribution in [1.82, 2.24) is 15.1 Å². The van der Waals surface area contributed by atoms with Crippen LogP contribution in [0.3, 0.4) is 0 Å². The summed E-state index contributed by atoms with van der Waals surface area (Å²) in [4.78, 5) is 4.39. The van der Waals surface area contributed by atoms with Crippen LogP contribution in [0.25, 0.3) is 5.69 Å². The maximum Gasteiger partial charge on any atom is 0.188 e. The summed E-state index contributed by atoms with van der Waals surface area (Å²) < 4.78 is 1.94. The van der Waals surface area contributed by atoms with Crippen LogP contribution in [0.2, 0.25) is 0 Å². The highest BCUT2D eigenvalue weighted by Gasteiger charge is 2.06. The quantitative estimate of drug-likeness (QED) is 0.276. The molecule has 25 heavy (non-hydrogen) atoms. The van der Waals surface area contributed by atoms with E-state index in [4.69, 9.17) is 5.73 Å². The van der Waals surface area contributed by atoms with Gasteiger partial charge in [-0.1, -0.05) is 32.0 Å². The molecule has 0 aliphatic carbocycles. The molecule has 0 amide bonds. The summed E-state index contributed by atoms with van der Waals surface area (Å²) in [5, 5.41) is 7.76. The predicted molar refractivity (Wildman–Crippen MR) is 116 cm³/mol. The van der Waals surface area contributed by atoms with E-state index < -0.39 is 0 Å². The van der Waals surface area contributed by atoms with Gasteiger partial charge in [0.1, 0.15) is 0 Å². The number of halogens is 1. The maximum absolute atomic E-state index is 5.87. The number of aromatic nitrogens is 2. The lowest BCUT2D eigenvalue weighted by molar-refractivity contribution is 0.576. The van der Waals surface area contributed by atoms with E-state index in [0.717, 1.165) is 43.7 Å². The van der Waals surface area contributed by atoms with Crippen molar-refractivity contribution >= 4 is 29.9 Å². The van der Waals surface area contributed by atoms with Crippen LogP contribution in [-0.2, 0) is 6.42 Å². The van der Waals surface area contributed by atoms with Gasteiger partial charge in [0.2, 0.25) is 0 Å². The molecule has 0 unspecified atom stereocenters. The first-order valence-corrected chi connectivity index (χ1v) is 8.70. The summed E-state index contributed by atoms with van der Waals surface area (Å²) in [5.41, 5.74) is 9.30. The van der Waals surface area contributed by atoms with Crippen LogP contribution in [0.5, 0.6) is 0 Å². The van der Waals surface area contributed by atoms with Crippen LogP contribution in [0.1, 0.15) is 37.9 Å². The Bertz CT molecular complexity index is 649. The number of aliphatic imine (C=N–C) groups is 1. The minimum Gasteiger partial charge on any atom is -0.370 e. The van der Waals surface area contributed by atoms with Crippen molar-refractivity contribution in [2.24, 2.45) is 16.6 Å². The lowest BCUT2D eigenvalue weighted by Crippen LogP contribution is -2.33. The van der Waals surface area contributed by atoms with Crippen molar-refractivity contribution in [2.75, 3.05) is 13.1 Å². The molecule has 3 N–H and O–H groups in total. The lowest BCUT2D eigenvalue weighted by Gasteiger charge is -2.07. The van der Waals surface area contributed by atoms with Gasteiger partial charge in [0.25, 0.3) is 0 Å². The summed E-state index contributed by atoms with van der Waals surface area (Å²) in [5.74, 6) is 1.22. The van der Waals surface area contributed by atoms with Gasteiger partial charge in [0.05, 0.1) is 11.4 Å². The van der Waals surface area contributed by atoms with Gasteiger partial charge >= 0.3 is 0 Å². The van der Waals surface area contributed by atoms with Crippen molar-refractivity contribution in [3.8, 4) is 5.69 Å². The Morgan fingerprint density at radius 3 is 2.68 bits per heavy atom. The lowest BCUT2D eigenvalue weighted by atomic mass is 10.1. The normalized spacial score (nSPS) is 11.4. The minimum absolute atomic E-state index is 0. The van der Waals surface area contributed by atoms with E-state index in [9.17, 15) is 0 Å². The Hall–Kier alpha value is -1.57. The monoisotopic (exact) mass is 455 g/mol. The van der Waals surface area contributed by atoms with E-state index in [1.54, 1.807) is 0 Å². The summed E-state index contributed by atoms with van der Waals surface area (Å²) in [6.45, 7) is 8.08. The van der Waals surface area contributed by atoms with Crippen molar-refractivity contribution in [3.05, 3.63) is 47.8 Å². The van der Waals surface area contributed by atoms with Crippen molar-refractivity contribution < 1.29 is 0 Å². The third kappa shape index (κ3) is 7.46. The molecule has 0 aliphatic rings. The Kier molecular flexibility index (Phi) is 9.55. The third-order valence-corrected chi connectivity index (χ3v) is 3.94. The molecule has 2 aromatic rings. The Morgan fingerprint density at radius 2 is 2.00 bits per heavy atom. The largest absolute Gasteiger partial charge is 0.370 e. The van der Waals surface area contributed by atoms with E-state index >= 15 is 0 Å². The number of para-hydroxylation sites is 1. The van der Waals surface area contributed by atoms with Gasteiger partial charge in [-0.3, -0.25) is 4.99 Å². The fourth-order valence-electron chi connectivity index (χ4n) is 2.47. The van der Waals surface area contributed by atoms with E-state index in [1.807, 2.05) is 22.9 Å². The second-order valence-corrected chi connectivity index (χ2v) is 6.50. The minimum atomic E-state index is 0. The first-order valence-electron chi connectivity index (χ1n) is 8.70. The fourth-order valence-corrected chi connectivity index (χ4v) is 2.47. The highest BCUT2D eigenvalue weighted by molar-refractivity contribution is 14.0. The molecule has 0 aliphatic heterocycles. The summed E-state index contributed by atoms with van der Waals surface area (Å²) in [6.07, 6.45) is 5.14. The van der Waals surface area contributed by atoms with Crippen molar-refractivity contribution in [3.63, 3.8) is 0 Å². The van der Waals surface area contributed by atoms with Gasteiger partial charge in [-0.2, -0.15) is 5.10 Å². The van der Waals surface area contributed by atoms with Gasteiger partial charge in [0.15, 0.2) is 5.96 Å². The number of guanidine groups is 1. The van der Waals surface area contributed by atoms with Gasteiger partial charge in [-0.15, -0.1) is 24.0 Å². The topological polar surface area (TPSA) is 68.2 Å². The molecule has 138 valence electrons. The van der Waals surface area contributed by atoms with Gasteiger partial charge in [0, 0.05) is 19.3 Å². The zero-order chi connectivity index (χ0) is 17.4. The number of nitrogens with two attached hydrogens (primary N) is 1. The molecular weight excluding hydrogens is 425 g/mol. The van der Waals surface area contributed by atoms with Crippen LogP contribution >= 0.6 is 24.0 Å². The number of rotatable bonds is 8. The molecule has 0 radical (unpaired) electrons. The molecule has 2 rings (SSSR count). The second kappa shape index (κ2) is 11.1. The Labute approximate surface area is 168 Å². The molecule has 1 heterocycles. The molecule has 1 aromatic carbocycles. The molecule has 0 bridgehead atoms. The summed E-state index contributed by atoms with van der Waals surface area (Å²) >= 11 is 0. The van der Waals surface area contributed by atoms with E-state index in [-0.39, 0.29) is 24.0 Å². The summed E-state index contributed by atoms with van der Waals surface area (Å²) in [7, 11) is 0. The van der Waals surface area contributed by atoms with Crippen LogP contribution in [0, 0.1) is 12.8 Å². The van der Waals surface area contributed by atoms with E-state index in [0.29, 0.717) is 11.9 Å². The molecule has 1 aromatic heterocycles. The van der Waals surface area contributed by atoms with Crippen LogP contribution in [0.15, 0.2) is 41.5 Å². The Morgan fingerprint density at radius 1 is 1.28 bits per heavy atom. The van der Waals surface area contributed by atoms with E-state index in [1.165, 1.54) is 5.56 Å². The molecule has 0 atom stereocenters. The standard InChI is InChI=1S/C19H29N5.HI/c1-15(2)11-13-22-19(20)21-12-7-8-17-14-24(23-16(17)3)18-9-5-4-6-10-18;/h4-6,9-10,14-15H,7-8,11-13H2,1-3H3,(H3,20,21,22);1H. The molecule has 6 heteroatoms. The SMILES string of the molecule is Cc1nn(-c2ccccc2)cc1CCCN=C(N)NCCC(C)C.I. The Balaban J connectivity index is 0.00000312. The highest BCUT2D eigenvalue weighted by Crippen LogP contribution is 2.13. The molecule has 0 fully saturated rings. The van der Waals surface area contributed by atoms with Crippen LogP contribution in [-0.4, -0.2) is 28.8 Å². The average Bonchev–Trinajstić information content (AvgIpc) is 2.93. The smallest absolute Gasteiger partial charge is 0.188 e. The second-order valence-electron chi connectivity index (χ2n) is 6.50. The van der Waals surface area contributed by atoms with Crippen LogP contribution in [0.4, 0.5) is 0 Å². The first kappa shape index (κ1) is 21.5. The highest BCUT2D eigenvalue weighted by atomic mass is 127. The number of nitrogens with zero attached hydrogens (tertiary/aromatic N) is 3. The molecule has 5 nitrogen and oxygen atoms in total. The third-order valence-electron chi connectivity index (χ3n) is 3.94. The van der Waals surface area contributed by atoms with Gasteiger partial charge < -0.3 is 11.1 Å².